The van der Waals surface area contributed by atoms with Gasteiger partial charge in [-0.1, -0.05) is 20.3 Å². The Kier molecular flexibility index (Phi) is 11.6. The lowest BCUT2D eigenvalue weighted by molar-refractivity contribution is -0.150. The van der Waals surface area contributed by atoms with Gasteiger partial charge in [0.25, 0.3) is 0 Å². The average Bonchev–Trinajstić information content (AvgIpc) is 3.27. The number of aliphatic carboxylic acids is 1. The Hall–Kier alpha value is -2.93. The van der Waals surface area contributed by atoms with E-state index in [0.29, 0.717) is 25.7 Å². The molecule has 5 atom stereocenters. The number of hydrogen-bond donors (Lipinski definition) is 7. The number of carboxylic acids is 1. The van der Waals surface area contributed by atoms with Crippen LogP contribution in [0, 0.1) is 5.92 Å². The van der Waals surface area contributed by atoms with Crippen molar-refractivity contribution in [2.24, 2.45) is 28.1 Å². The fraction of sp³-hybridized carbons (Fsp3) is 0.750. The Morgan fingerprint density at radius 3 is 2.33 bits per heavy atom. The highest BCUT2D eigenvalue weighted by molar-refractivity contribution is 5.94. The number of nitrogens with zero attached hydrogens (tertiary/aromatic N) is 2. The number of aliphatic hydroxyl groups excluding tert-OH is 1. The Balaban J connectivity index is 2.92. The maximum Gasteiger partial charge on any atom is 0.326 e. The fourth-order valence-corrected chi connectivity index (χ4v) is 3.50. The molecule has 0 radical (unpaired) electrons. The summed E-state index contributed by atoms with van der Waals surface area (Å²) in [5.74, 6) is -3.30. The van der Waals surface area contributed by atoms with E-state index in [-0.39, 0.29) is 31.4 Å². The number of carbonyl (C=O) groups is 4. The van der Waals surface area contributed by atoms with E-state index in [1.165, 1.54) is 0 Å². The summed E-state index contributed by atoms with van der Waals surface area (Å²) in [6.07, 6.45) is 1.96. The lowest BCUT2D eigenvalue weighted by Gasteiger charge is -2.28. The lowest BCUT2D eigenvalue weighted by Crippen LogP contribution is -2.58. The zero-order valence-electron chi connectivity index (χ0n) is 19.2. The van der Waals surface area contributed by atoms with Gasteiger partial charge < -0.3 is 42.9 Å². The number of nitrogens with two attached hydrogens (primary N) is 3. The predicted octanol–water partition coefficient (Wildman–Crippen LogP) is -2.55. The number of amides is 3. The van der Waals surface area contributed by atoms with Crippen molar-refractivity contribution in [3.05, 3.63) is 0 Å². The smallest absolute Gasteiger partial charge is 0.326 e. The van der Waals surface area contributed by atoms with Crippen molar-refractivity contribution in [1.82, 2.24) is 15.5 Å². The zero-order chi connectivity index (χ0) is 25.1. The van der Waals surface area contributed by atoms with Crippen LogP contribution in [0.3, 0.4) is 0 Å². The fourth-order valence-electron chi connectivity index (χ4n) is 3.50. The van der Waals surface area contributed by atoms with Crippen LogP contribution in [-0.4, -0.2) is 88.6 Å². The first-order chi connectivity index (χ1) is 15.5. The normalized spacial score (nSPS) is 19.2. The predicted molar refractivity (Wildman–Crippen MR) is 121 cm³/mol. The number of aliphatic hydroxyl groups is 1. The Labute approximate surface area is 193 Å². The number of aliphatic imine (C=N–C) groups is 1. The van der Waals surface area contributed by atoms with E-state index in [1.807, 2.05) is 13.8 Å². The van der Waals surface area contributed by atoms with Gasteiger partial charge in [0.05, 0.1) is 12.6 Å². The van der Waals surface area contributed by atoms with Gasteiger partial charge in [0.2, 0.25) is 17.7 Å². The molecule has 0 spiro atoms. The second-order valence-electron chi connectivity index (χ2n) is 8.19. The minimum absolute atomic E-state index is 0.108. The molecule has 1 aliphatic rings. The summed E-state index contributed by atoms with van der Waals surface area (Å²) < 4.78 is 0. The Morgan fingerprint density at radius 1 is 1.15 bits per heavy atom. The van der Waals surface area contributed by atoms with Gasteiger partial charge in [-0.3, -0.25) is 19.4 Å². The van der Waals surface area contributed by atoms with Crippen molar-refractivity contribution in [3.63, 3.8) is 0 Å². The maximum atomic E-state index is 12.9. The molecule has 0 aromatic carbocycles. The van der Waals surface area contributed by atoms with Crippen LogP contribution in [0.4, 0.5) is 0 Å². The zero-order valence-corrected chi connectivity index (χ0v) is 19.2. The van der Waals surface area contributed by atoms with E-state index < -0.39 is 54.5 Å². The van der Waals surface area contributed by atoms with Crippen LogP contribution in [0.1, 0.15) is 46.0 Å². The second-order valence-corrected chi connectivity index (χ2v) is 8.19. The molecule has 1 saturated heterocycles. The number of carboxylic acid groups (broad SMARTS) is 1. The van der Waals surface area contributed by atoms with E-state index in [4.69, 9.17) is 17.2 Å². The summed E-state index contributed by atoms with van der Waals surface area (Å²) in [6.45, 7) is 3.40. The van der Waals surface area contributed by atoms with Gasteiger partial charge in [-0.25, -0.2) is 4.79 Å². The van der Waals surface area contributed by atoms with Crippen molar-refractivity contribution in [2.75, 3.05) is 19.7 Å². The van der Waals surface area contributed by atoms with Crippen LogP contribution in [-0.2, 0) is 19.2 Å². The molecule has 3 amide bonds. The molecule has 1 rings (SSSR count). The molecule has 10 N–H and O–H groups in total. The summed E-state index contributed by atoms with van der Waals surface area (Å²) in [4.78, 5) is 54.6. The summed E-state index contributed by atoms with van der Waals surface area (Å²) in [5.41, 5.74) is 16.6. The molecule has 5 unspecified atom stereocenters. The number of hydrogen-bond acceptors (Lipinski definition) is 7. The molecule has 1 fully saturated rings. The number of carbonyl (C=O) groups excluding carboxylic acids is 3. The van der Waals surface area contributed by atoms with Gasteiger partial charge in [0, 0.05) is 13.1 Å². The van der Waals surface area contributed by atoms with Gasteiger partial charge in [-0.15, -0.1) is 0 Å². The van der Waals surface area contributed by atoms with Crippen LogP contribution in [0.25, 0.3) is 0 Å². The summed E-state index contributed by atoms with van der Waals surface area (Å²) in [5, 5.41) is 24.0. The topological polar surface area (TPSA) is 226 Å². The Bertz CT molecular complexity index is 728. The van der Waals surface area contributed by atoms with E-state index in [1.54, 1.807) is 0 Å². The first-order valence-corrected chi connectivity index (χ1v) is 11.1. The maximum absolute atomic E-state index is 12.9. The van der Waals surface area contributed by atoms with E-state index >= 15 is 0 Å². The monoisotopic (exact) mass is 471 g/mol. The summed E-state index contributed by atoms with van der Waals surface area (Å²) >= 11 is 0. The van der Waals surface area contributed by atoms with Crippen LogP contribution in [0.15, 0.2) is 4.99 Å². The largest absolute Gasteiger partial charge is 0.480 e. The van der Waals surface area contributed by atoms with Crippen LogP contribution >= 0.6 is 0 Å². The van der Waals surface area contributed by atoms with E-state index in [9.17, 15) is 29.4 Å². The van der Waals surface area contributed by atoms with Gasteiger partial charge in [0.15, 0.2) is 5.96 Å². The molecule has 13 heteroatoms. The van der Waals surface area contributed by atoms with Crippen LogP contribution < -0.4 is 27.8 Å². The molecular weight excluding hydrogens is 434 g/mol. The molecule has 33 heavy (non-hydrogen) atoms. The molecule has 188 valence electrons. The van der Waals surface area contributed by atoms with Crippen molar-refractivity contribution in [3.8, 4) is 0 Å². The molecule has 1 aliphatic heterocycles. The number of rotatable bonds is 13. The van der Waals surface area contributed by atoms with E-state index in [0.717, 1.165) is 4.90 Å². The lowest BCUT2D eigenvalue weighted by atomic mass is 9.98. The molecule has 0 aromatic rings. The quantitative estimate of drug-likeness (QED) is 0.0850. The summed E-state index contributed by atoms with van der Waals surface area (Å²) in [6, 6.07) is -4.25. The van der Waals surface area contributed by atoms with Gasteiger partial charge >= 0.3 is 5.97 Å². The van der Waals surface area contributed by atoms with Gasteiger partial charge in [-0.05, 0) is 31.6 Å². The number of guanidine groups is 1. The number of likely N-dealkylation sites (tertiary alicyclic amines) is 1. The molecule has 0 aromatic heterocycles. The molecule has 13 nitrogen and oxygen atoms in total. The van der Waals surface area contributed by atoms with Crippen molar-refractivity contribution in [1.29, 1.82) is 0 Å². The van der Waals surface area contributed by atoms with Crippen molar-refractivity contribution >= 4 is 29.7 Å². The average molecular weight is 472 g/mol. The molecule has 0 bridgehead atoms. The second kappa shape index (κ2) is 13.6. The number of nitrogens with one attached hydrogen (secondary N) is 2. The minimum atomic E-state index is -1.35. The molecule has 0 saturated carbocycles. The highest BCUT2D eigenvalue weighted by Crippen LogP contribution is 2.18. The van der Waals surface area contributed by atoms with Crippen LogP contribution in [0.5, 0.6) is 0 Å². The van der Waals surface area contributed by atoms with Gasteiger partial charge in [0.1, 0.15) is 18.1 Å². The third kappa shape index (κ3) is 8.50. The van der Waals surface area contributed by atoms with Crippen molar-refractivity contribution < 1.29 is 29.4 Å². The first-order valence-electron chi connectivity index (χ1n) is 11.1. The SMILES string of the molecule is CCC(C)C(N)C(=O)NC(CCCN=C(N)N)C(=O)NC(CO)C(=O)N1CCCC1C(=O)O. The third-order valence-corrected chi connectivity index (χ3v) is 5.76. The van der Waals surface area contributed by atoms with E-state index in [2.05, 4.69) is 15.6 Å². The highest BCUT2D eigenvalue weighted by atomic mass is 16.4. The van der Waals surface area contributed by atoms with Crippen LogP contribution in [0.2, 0.25) is 0 Å². The third-order valence-electron chi connectivity index (χ3n) is 5.76. The summed E-state index contributed by atoms with van der Waals surface area (Å²) in [7, 11) is 0. The highest BCUT2D eigenvalue weighted by Gasteiger charge is 2.38. The van der Waals surface area contributed by atoms with Crippen molar-refractivity contribution in [2.45, 2.75) is 70.1 Å². The first kappa shape index (κ1) is 28.1. The molecule has 0 aliphatic carbocycles. The van der Waals surface area contributed by atoms with Gasteiger partial charge in [-0.2, -0.15) is 0 Å². The standard InChI is InChI=1S/C20H37N7O6/c1-3-11(2)15(21)17(30)25-12(6-4-8-24-20(22)23)16(29)26-13(10-28)18(31)27-9-5-7-14(27)19(32)33/h11-15,28H,3-10,21H2,1-2H3,(H,25,30)(H,26,29)(H,32,33)(H4,22,23,24). The Morgan fingerprint density at radius 2 is 1.79 bits per heavy atom. The molecule has 1 heterocycles. The molecular formula is C20H37N7O6. The minimum Gasteiger partial charge on any atom is -0.480 e.